The Labute approximate surface area is 129 Å². The van der Waals surface area contributed by atoms with Gasteiger partial charge < -0.3 is 10.1 Å². The first-order chi connectivity index (χ1) is 9.88. The lowest BCUT2D eigenvalue weighted by atomic mass is 9.96. The van der Waals surface area contributed by atoms with Crippen LogP contribution in [0.3, 0.4) is 0 Å². The fraction of sp³-hybridized carbons (Fsp3) is 0.400. The first-order valence-corrected chi connectivity index (χ1v) is 7.04. The summed E-state index contributed by atoms with van der Waals surface area (Å²) in [6.45, 7) is 6.76. The summed E-state index contributed by atoms with van der Waals surface area (Å²) in [7, 11) is 1.60. The molecule has 2 rings (SSSR count). The fourth-order valence-electron chi connectivity index (χ4n) is 1.71. The van der Waals surface area contributed by atoms with Gasteiger partial charge in [-0.25, -0.2) is 15.0 Å². The number of rotatable bonds is 4. The van der Waals surface area contributed by atoms with Crippen molar-refractivity contribution in [2.45, 2.75) is 32.7 Å². The van der Waals surface area contributed by atoms with Gasteiger partial charge in [0.25, 0.3) is 0 Å². The molecule has 2 aromatic heterocycles. The Balaban J connectivity index is 2.14. The number of nitrogens with zero attached hydrogens (tertiary/aromatic N) is 3. The van der Waals surface area contributed by atoms with Gasteiger partial charge in [-0.3, -0.25) is 0 Å². The van der Waals surface area contributed by atoms with Crippen LogP contribution in [0.4, 0.5) is 5.82 Å². The number of hydrogen-bond acceptors (Lipinski definition) is 5. The molecule has 5 nitrogen and oxygen atoms in total. The molecule has 0 saturated carbocycles. The van der Waals surface area contributed by atoms with Gasteiger partial charge in [0, 0.05) is 30.3 Å². The minimum Gasteiger partial charge on any atom is -0.481 e. The van der Waals surface area contributed by atoms with Crippen molar-refractivity contribution in [3.63, 3.8) is 0 Å². The van der Waals surface area contributed by atoms with Crippen LogP contribution in [-0.4, -0.2) is 22.1 Å². The summed E-state index contributed by atoms with van der Waals surface area (Å²) in [5, 5.41) is 3.68. The van der Waals surface area contributed by atoms with Crippen molar-refractivity contribution < 1.29 is 4.74 Å². The molecule has 0 atom stereocenters. The van der Waals surface area contributed by atoms with Gasteiger partial charge in [-0.05, 0) is 11.6 Å². The van der Waals surface area contributed by atoms with E-state index in [2.05, 4.69) is 41.0 Å². The summed E-state index contributed by atoms with van der Waals surface area (Å²) < 4.78 is 5.10. The fourth-order valence-corrected chi connectivity index (χ4v) is 1.89. The molecule has 0 radical (unpaired) electrons. The van der Waals surface area contributed by atoms with E-state index in [9.17, 15) is 0 Å². The van der Waals surface area contributed by atoms with Gasteiger partial charge in [0.2, 0.25) is 5.88 Å². The second-order valence-corrected chi connectivity index (χ2v) is 6.10. The average Bonchev–Trinajstić information content (AvgIpc) is 2.44. The van der Waals surface area contributed by atoms with Gasteiger partial charge in [0.15, 0.2) is 0 Å². The predicted octanol–water partition coefficient (Wildman–Crippen LogP) is 3.44. The molecule has 0 saturated heterocycles. The van der Waals surface area contributed by atoms with Crippen molar-refractivity contribution in [3.8, 4) is 5.88 Å². The van der Waals surface area contributed by atoms with E-state index < -0.39 is 0 Å². The summed E-state index contributed by atoms with van der Waals surface area (Å²) >= 11 is 6.06. The summed E-state index contributed by atoms with van der Waals surface area (Å²) in [6.07, 6.45) is 1.71. The minimum atomic E-state index is -0.152. The van der Waals surface area contributed by atoms with Crippen LogP contribution in [0.2, 0.25) is 5.15 Å². The average molecular weight is 307 g/mol. The molecule has 21 heavy (non-hydrogen) atoms. The zero-order valence-corrected chi connectivity index (χ0v) is 13.4. The molecule has 2 aromatic rings. The van der Waals surface area contributed by atoms with Crippen molar-refractivity contribution in [2.24, 2.45) is 0 Å². The molecule has 112 valence electrons. The summed E-state index contributed by atoms with van der Waals surface area (Å²) in [5.41, 5.74) is 0.898. The molecule has 0 amide bonds. The third kappa shape index (κ3) is 4.29. The normalized spacial score (nSPS) is 11.3. The Morgan fingerprint density at radius 2 is 2.00 bits per heavy atom. The number of halogens is 1. The molecular weight excluding hydrogens is 288 g/mol. The molecule has 0 unspecified atom stereocenters. The Bertz CT molecular complexity index is 625. The Hall–Kier alpha value is -1.88. The van der Waals surface area contributed by atoms with Crippen LogP contribution >= 0.6 is 11.6 Å². The number of anilines is 1. The van der Waals surface area contributed by atoms with Gasteiger partial charge in [0.1, 0.15) is 16.8 Å². The van der Waals surface area contributed by atoms with Crippen LogP contribution in [0.15, 0.2) is 24.4 Å². The number of pyridine rings is 1. The number of aromatic nitrogens is 3. The zero-order chi connectivity index (χ0) is 15.5. The third-order valence-corrected chi connectivity index (χ3v) is 3.04. The number of hydrogen-bond donors (Lipinski definition) is 1. The van der Waals surface area contributed by atoms with Crippen LogP contribution in [0.1, 0.15) is 32.2 Å². The monoisotopic (exact) mass is 306 g/mol. The van der Waals surface area contributed by atoms with Crippen LogP contribution in [0, 0.1) is 0 Å². The van der Waals surface area contributed by atoms with Crippen molar-refractivity contribution in [1.29, 1.82) is 0 Å². The SMILES string of the molecule is COc1cc(CNc2cc(Cl)nc(C(C)(C)C)n2)ccn1. The molecule has 1 N–H and O–H groups in total. The molecule has 2 heterocycles. The summed E-state index contributed by atoms with van der Waals surface area (Å²) in [5.74, 6) is 2.01. The van der Waals surface area contributed by atoms with Crippen molar-refractivity contribution in [3.05, 3.63) is 40.9 Å². The highest BCUT2D eigenvalue weighted by atomic mass is 35.5. The zero-order valence-electron chi connectivity index (χ0n) is 12.6. The standard InChI is InChI=1S/C15H19ClN4O/c1-15(2,3)14-19-11(16)8-12(20-14)18-9-10-5-6-17-13(7-10)21-4/h5-8H,9H2,1-4H3,(H,18,19,20). The highest BCUT2D eigenvalue weighted by Crippen LogP contribution is 2.22. The second-order valence-electron chi connectivity index (χ2n) is 5.71. The molecular formula is C15H19ClN4O. The Morgan fingerprint density at radius 3 is 2.67 bits per heavy atom. The van der Waals surface area contributed by atoms with Crippen molar-refractivity contribution >= 4 is 17.4 Å². The number of ether oxygens (including phenoxy) is 1. The minimum absolute atomic E-state index is 0.152. The number of methoxy groups -OCH3 is 1. The van der Waals surface area contributed by atoms with E-state index >= 15 is 0 Å². The molecule has 6 heteroatoms. The molecule has 0 spiro atoms. The maximum absolute atomic E-state index is 6.06. The van der Waals surface area contributed by atoms with Crippen LogP contribution in [0.5, 0.6) is 5.88 Å². The van der Waals surface area contributed by atoms with Crippen LogP contribution < -0.4 is 10.1 Å². The topological polar surface area (TPSA) is 59.9 Å². The van der Waals surface area contributed by atoms with Gasteiger partial charge in [0.05, 0.1) is 7.11 Å². The lowest BCUT2D eigenvalue weighted by molar-refractivity contribution is 0.397. The lowest BCUT2D eigenvalue weighted by Gasteiger charge is -2.17. The van der Waals surface area contributed by atoms with E-state index in [1.54, 1.807) is 19.4 Å². The molecule has 0 fully saturated rings. The molecule has 0 bridgehead atoms. The van der Waals surface area contributed by atoms with E-state index in [-0.39, 0.29) is 5.41 Å². The van der Waals surface area contributed by atoms with Gasteiger partial charge in [-0.15, -0.1) is 0 Å². The molecule has 0 aliphatic heterocycles. The van der Waals surface area contributed by atoms with Crippen molar-refractivity contribution in [1.82, 2.24) is 15.0 Å². The second kappa shape index (κ2) is 6.26. The van der Waals surface area contributed by atoms with E-state index in [0.717, 1.165) is 5.56 Å². The Morgan fingerprint density at radius 1 is 1.24 bits per heavy atom. The predicted molar refractivity (Wildman–Crippen MR) is 83.9 cm³/mol. The van der Waals surface area contributed by atoms with Crippen molar-refractivity contribution in [2.75, 3.05) is 12.4 Å². The number of nitrogens with one attached hydrogen (secondary N) is 1. The van der Waals surface area contributed by atoms with E-state index in [4.69, 9.17) is 16.3 Å². The van der Waals surface area contributed by atoms with Crippen LogP contribution in [0.25, 0.3) is 0 Å². The molecule has 0 aliphatic rings. The first-order valence-electron chi connectivity index (χ1n) is 6.66. The van der Waals surface area contributed by atoms with Gasteiger partial charge in [-0.2, -0.15) is 0 Å². The lowest BCUT2D eigenvalue weighted by Crippen LogP contribution is -2.17. The first kappa shape index (κ1) is 15.5. The molecule has 0 aromatic carbocycles. The maximum atomic E-state index is 6.06. The highest BCUT2D eigenvalue weighted by molar-refractivity contribution is 6.29. The molecule has 0 aliphatic carbocycles. The Kier molecular flexibility index (Phi) is 4.63. The quantitative estimate of drug-likeness (QED) is 0.877. The van der Waals surface area contributed by atoms with E-state index in [0.29, 0.717) is 29.2 Å². The summed E-state index contributed by atoms with van der Waals surface area (Å²) in [6, 6.07) is 5.51. The third-order valence-electron chi connectivity index (χ3n) is 2.85. The maximum Gasteiger partial charge on any atom is 0.213 e. The van der Waals surface area contributed by atoms with Gasteiger partial charge in [-0.1, -0.05) is 32.4 Å². The van der Waals surface area contributed by atoms with E-state index in [1.165, 1.54) is 0 Å². The summed E-state index contributed by atoms with van der Waals surface area (Å²) in [4.78, 5) is 12.9. The smallest absolute Gasteiger partial charge is 0.213 e. The van der Waals surface area contributed by atoms with Gasteiger partial charge >= 0.3 is 0 Å². The largest absolute Gasteiger partial charge is 0.481 e. The van der Waals surface area contributed by atoms with Crippen LogP contribution in [-0.2, 0) is 12.0 Å². The highest BCUT2D eigenvalue weighted by Gasteiger charge is 2.18. The van der Waals surface area contributed by atoms with E-state index in [1.807, 2.05) is 12.1 Å².